The van der Waals surface area contributed by atoms with Crippen molar-refractivity contribution in [3.05, 3.63) is 101 Å². The van der Waals surface area contributed by atoms with Gasteiger partial charge in [-0.3, -0.25) is 4.79 Å². The number of carbonyl (C=O) groups excluding carboxylic acids is 2. The van der Waals surface area contributed by atoms with Crippen molar-refractivity contribution < 1.29 is 28.9 Å². The highest BCUT2D eigenvalue weighted by Gasteiger charge is 2.36. The van der Waals surface area contributed by atoms with Crippen molar-refractivity contribution in [2.45, 2.75) is 31.7 Å². The first-order chi connectivity index (χ1) is 17.5. The molecule has 0 radical (unpaired) electrons. The van der Waals surface area contributed by atoms with Gasteiger partial charge < -0.3 is 19.3 Å². The van der Waals surface area contributed by atoms with Crippen LogP contribution in [-0.4, -0.2) is 23.7 Å². The van der Waals surface area contributed by atoms with Crippen LogP contribution < -0.4 is 4.74 Å². The SMILES string of the molecule is O=C1CC(O)(c2cccc(COc3ccc4c(-c5ccccc5)c5c(cc4c3)C(=O)OC5)c2)CCO1. The molecule has 0 bridgehead atoms. The lowest BCUT2D eigenvalue weighted by Gasteiger charge is -2.31. The minimum atomic E-state index is -1.23. The van der Waals surface area contributed by atoms with Crippen molar-refractivity contribution in [1.82, 2.24) is 0 Å². The molecule has 0 saturated carbocycles. The molecule has 6 heteroatoms. The van der Waals surface area contributed by atoms with E-state index in [1.807, 2.05) is 78.9 Å². The third-order valence-corrected chi connectivity index (χ3v) is 6.93. The van der Waals surface area contributed by atoms with Crippen LogP contribution >= 0.6 is 0 Å². The fraction of sp³-hybridized carbons (Fsp3) is 0.200. The van der Waals surface area contributed by atoms with Gasteiger partial charge in [-0.2, -0.15) is 0 Å². The molecule has 1 saturated heterocycles. The van der Waals surface area contributed by atoms with E-state index < -0.39 is 11.6 Å². The first kappa shape index (κ1) is 22.3. The molecule has 1 fully saturated rings. The lowest BCUT2D eigenvalue weighted by atomic mass is 9.85. The van der Waals surface area contributed by atoms with Crippen LogP contribution in [0.25, 0.3) is 21.9 Å². The van der Waals surface area contributed by atoms with Crippen molar-refractivity contribution in [2.24, 2.45) is 0 Å². The van der Waals surface area contributed by atoms with Crippen LogP contribution in [0, 0.1) is 0 Å². The zero-order valence-corrected chi connectivity index (χ0v) is 19.5. The number of hydrogen-bond donors (Lipinski definition) is 1. The summed E-state index contributed by atoms with van der Waals surface area (Å²) < 4.78 is 16.4. The average Bonchev–Trinajstić information content (AvgIpc) is 3.26. The van der Waals surface area contributed by atoms with Gasteiger partial charge >= 0.3 is 11.9 Å². The Labute approximate surface area is 208 Å². The highest BCUT2D eigenvalue weighted by Crippen LogP contribution is 2.39. The zero-order chi connectivity index (χ0) is 24.7. The first-order valence-corrected chi connectivity index (χ1v) is 11.9. The van der Waals surface area contributed by atoms with Gasteiger partial charge in [-0.1, -0.05) is 54.6 Å². The van der Waals surface area contributed by atoms with E-state index in [0.717, 1.165) is 33.0 Å². The molecule has 2 heterocycles. The first-order valence-electron chi connectivity index (χ1n) is 11.9. The molecular formula is C30H24O6. The van der Waals surface area contributed by atoms with E-state index in [1.54, 1.807) is 0 Å². The van der Waals surface area contributed by atoms with E-state index in [2.05, 4.69) is 0 Å². The average molecular weight is 481 g/mol. The normalized spacial score (nSPS) is 19.0. The minimum Gasteiger partial charge on any atom is -0.489 e. The second-order valence-electron chi connectivity index (χ2n) is 9.27. The maximum atomic E-state index is 12.4. The Morgan fingerprint density at radius 1 is 0.917 bits per heavy atom. The minimum absolute atomic E-state index is 0.0571. The van der Waals surface area contributed by atoms with E-state index in [9.17, 15) is 14.7 Å². The van der Waals surface area contributed by atoms with Crippen LogP contribution in [0.1, 0.15) is 39.9 Å². The molecule has 0 spiro atoms. The van der Waals surface area contributed by atoms with Gasteiger partial charge in [-0.25, -0.2) is 4.79 Å². The van der Waals surface area contributed by atoms with Crippen LogP contribution in [-0.2, 0) is 33.1 Å². The highest BCUT2D eigenvalue weighted by molar-refractivity contribution is 6.07. The summed E-state index contributed by atoms with van der Waals surface area (Å²) in [5, 5.41) is 12.9. The maximum Gasteiger partial charge on any atom is 0.338 e. The summed E-state index contributed by atoms with van der Waals surface area (Å²) in [6, 6.07) is 25.2. The van der Waals surface area contributed by atoms with Crippen molar-refractivity contribution >= 4 is 22.7 Å². The summed E-state index contributed by atoms with van der Waals surface area (Å²) in [6.07, 6.45) is 0.308. The molecule has 1 atom stereocenters. The fourth-order valence-corrected chi connectivity index (χ4v) is 5.08. The highest BCUT2D eigenvalue weighted by atomic mass is 16.5. The summed E-state index contributed by atoms with van der Waals surface area (Å²) in [5.74, 6) is -0.0401. The van der Waals surface area contributed by atoms with Crippen molar-refractivity contribution in [3.8, 4) is 16.9 Å². The Bertz CT molecular complexity index is 1490. The van der Waals surface area contributed by atoms with E-state index >= 15 is 0 Å². The molecule has 36 heavy (non-hydrogen) atoms. The number of aliphatic hydroxyl groups is 1. The zero-order valence-electron chi connectivity index (χ0n) is 19.5. The van der Waals surface area contributed by atoms with Gasteiger partial charge in [0.2, 0.25) is 0 Å². The third kappa shape index (κ3) is 3.99. The van der Waals surface area contributed by atoms with E-state index in [-0.39, 0.29) is 25.6 Å². The molecular weight excluding hydrogens is 456 g/mol. The predicted octanol–water partition coefficient (Wildman–Crippen LogP) is 5.28. The standard InChI is InChI=1S/C30H24O6/c31-27-16-30(33,11-12-34-27)22-8-4-5-19(13-22)17-35-23-9-10-24-21(14-23)15-25-26(18-36-29(25)32)28(24)20-6-2-1-3-7-20/h1-10,13-15,33H,11-12,16-18H2. The summed E-state index contributed by atoms with van der Waals surface area (Å²) in [4.78, 5) is 24.1. The summed E-state index contributed by atoms with van der Waals surface area (Å²) >= 11 is 0. The molecule has 180 valence electrons. The van der Waals surface area contributed by atoms with Crippen LogP contribution in [0.5, 0.6) is 5.75 Å². The van der Waals surface area contributed by atoms with Gasteiger partial charge in [0, 0.05) is 12.0 Å². The lowest BCUT2D eigenvalue weighted by Crippen LogP contribution is -2.36. The van der Waals surface area contributed by atoms with E-state index in [4.69, 9.17) is 14.2 Å². The monoisotopic (exact) mass is 480 g/mol. The molecule has 0 amide bonds. The molecule has 0 aliphatic carbocycles. The second-order valence-corrected chi connectivity index (χ2v) is 9.27. The van der Waals surface area contributed by atoms with Gasteiger partial charge in [0.05, 0.1) is 18.6 Å². The number of rotatable bonds is 5. The van der Waals surface area contributed by atoms with E-state index in [0.29, 0.717) is 29.9 Å². The van der Waals surface area contributed by atoms with Crippen molar-refractivity contribution in [1.29, 1.82) is 0 Å². The van der Waals surface area contributed by atoms with Crippen molar-refractivity contribution in [3.63, 3.8) is 0 Å². The van der Waals surface area contributed by atoms with Crippen LogP contribution in [0.15, 0.2) is 78.9 Å². The summed E-state index contributed by atoms with van der Waals surface area (Å²) in [6.45, 7) is 0.765. The molecule has 4 aromatic carbocycles. The number of benzene rings is 4. The van der Waals surface area contributed by atoms with Crippen LogP contribution in [0.2, 0.25) is 0 Å². The van der Waals surface area contributed by atoms with Gasteiger partial charge in [-0.05, 0) is 57.3 Å². The Hall–Kier alpha value is -4.16. The third-order valence-electron chi connectivity index (χ3n) is 6.93. The Morgan fingerprint density at radius 2 is 1.78 bits per heavy atom. The molecule has 4 aromatic rings. The second kappa shape index (κ2) is 8.81. The Morgan fingerprint density at radius 3 is 2.61 bits per heavy atom. The van der Waals surface area contributed by atoms with Gasteiger partial charge in [0.1, 0.15) is 24.6 Å². The van der Waals surface area contributed by atoms with Crippen LogP contribution in [0.4, 0.5) is 0 Å². The van der Waals surface area contributed by atoms with E-state index in [1.165, 1.54) is 0 Å². The van der Waals surface area contributed by atoms with Gasteiger partial charge in [0.25, 0.3) is 0 Å². The quantitative estimate of drug-likeness (QED) is 0.392. The number of cyclic esters (lactones) is 2. The van der Waals surface area contributed by atoms with Crippen molar-refractivity contribution in [2.75, 3.05) is 6.61 Å². The largest absolute Gasteiger partial charge is 0.489 e. The molecule has 2 aliphatic heterocycles. The molecule has 1 unspecified atom stereocenters. The maximum absolute atomic E-state index is 12.4. The van der Waals surface area contributed by atoms with Gasteiger partial charge in [-0.15, -0.1) is 0 Å². The molecule has 6 nitrogen and oxygen atoms in total. The number of ether oxygens (including phenoxy) is 3. The summed E-state index contributed by atoms with van der Waals surface area (Å²) in [7, 11) is 0. The van der Waals surface area contributed by atoms with Crippen LogP contribution in [0.3, 0.4) is 0 Å². The number of esters is 2. The fourth-order valence-electron chi connectivity index (χ4n) is 5.08. The molecule has 0 aromatic heterocycles. The topological polar surface area (TPSA) is 82.1 Å². The smallest absolute Gasteiger partial charge is 0.338 e. The Balaban J connectivity index is 1.30. The predicted molar refractivity (Wildman–Crippen MR) is 133 cm³/mol. The number of fused-ring (bicyclic) bond motifs is 2. The van der Waals surface area contributed by atoms with Gasteiger partial charge in [0.15, 0.2) is 0 Å². The number of hydrogen-bond acceptors (Lipinski definition) is 6. The Kier molecular flexibility index (Phi) is 5.46. The molecule has 1 N–H and O–H groups in total. The number of carbonyl (C=O) groups is 2. The molecule has 2 aliphatic rings. The summed E-state index contributed by atoms with van der Waals surface area (Å²) in [5.41, 5.74) is 3.87. The lowest BCUT2D eigenvalue weighted by molar-refractivity contribution is -0.160. The molecule has 6 rings (SSSR count).